The Morgan fingerprint density at radius 3 is 2.42 bits per heavy atom. The molecule has 2 N–H and O–H groups in total. The number of carboxylic acid groups (broad SMARTS) is 1. The summed E-state index contributed by atoms with van der Waals surface area (Å²) in [5.74, 6) is -1.28. The van der Waals surface area contributed by atoms with Crippen molar-refractivity contribution in [1.82, 2.24) is 14.5 Å². The lowest BCUT2D eigenvalue weighted by Gasteiger charge is -2.26. The van der Waals surface area contributed by atoms with Crippen molar-refractivity contribution >= 4 is 22.9 Å². The normalized spacial score (nSPS) is 20.9. The molecule has 7 heteroatoms. The molecule has 24 heavy (non-hydrogen) atoms. The first kappa shape index (κ1) is 16.3. The number of carboxylic acids is 1. The highest BCUT2D eigenvalue weighted by Gasteiger charge is 2.26. The molecule has 0 aliphatic heterocycles. The highest BCUT2D eigenvalue weighted by molar-refractivity contribution is 5.81. The Bertz CT molecular complexity index is 828. The number of carbonyl (C=O) groups is 2. The molecule has 0 bridgehead atoms. The quantitative estimate of drug-likeness (QED) is 0.877. The number of hydrogen-bond donors (Lipinski definition) is 2. The molecule has 1 aromatic carbocycles. The lowest BCUT2D eigenvalue weighted by atomic mass is 9.86. The molecule has 1 amide bonds. The molecule has 1 aromatic heterocycles. The molecule has 1 aliphatic carbocycles. The van der Waals surface area contributed by atoms with Gasteiger partial charge in [-0.25, -0.2) is 4.79 Å². The molecule has 128 valence electrons. The highest BCUT2D eigenvalue weighted by Crippen LogP contribution is 2.24. The van der Waals surface area contributed by atoms with E-state index < -0.39 is 5.97 Å². The second kappa shape index (κ2) is 6.51. The largest absolute Gasteiger partial charge is 0.481 e. The monoisotopic (exact) mass is 331 g/mol. The Hall–Kier alpha value is -2.57. The van der Waals surface area contributed by atoms with Crippen molar-refractivity contribution < 1.29 is 14.7 Å². The molecule has 1 fully saturated rings. The molecule has 0 saturated heterocycles. The lowest BCUT2D eigenvalue weighted by molar-refractivity contribution is -0.142. The van der Waals surface area contributed by atoms with E-state index in [9.17, 15) is 14.4 Å². The summed E-state index contributed by atoms with van der Waals surface area (Å²) in [5, 5.41) is 11.9. The molecule has 0 unspecified atom stereocenters. The van der Waals surface area contributed by atoms with E-state index in [4.69, 9.17) is 5.11 Å². The molecule has 7 nitrogen and oxygen atoms in total. The van der Waals surface area contributed by atoms with E-state index in [0.29, 0.717) is 25.7 Å². The molecule has 0 spiro atoms. The van der Waals surface area contributed by atoms with Crippen LogP contribution in [0.2, 0.25) is 0 Å². The number of benzene rings is 1. The van der Waals surface area contributed by atoms with Gasteiger partial charge >= 0.3 is 11.7 Å². The zero-order valence-electron chi connectivity index (χ0n) is 13.6. The standard InChI is InChI=1S/C17H21N3O4/c1-19-13-4-2-3-5-14(13)20(17(19)24)10-15(21)18-12-8-6-11(7-9-12)16(22)23/h2-5,11-12H,6-10H2,1H3,(H,18,21)(H,22,23). The van der Waals surface area contributed by atoms with Gasteiger partial charge in [0.25, 0.3) is 0 Å². The van der Waals surface area contributed by atoms with Crippen LogP contribution in [0.4, 0.5) is 0 Å². The van der Waals surface area contributed by atoms with Crippen molar-refractivity contribution in [3.8, 4) is 0 Å². The van der Waals surface area contributed by atoms with E-state index in [1.54, 1.807) is 7.05 Å². The van der Waals surface area contributed by atoms with E-state index in [0.717, 1.165) is 11.0 Å². The first-order valence-corrected chi connectivity index (χ1v) is 8.14. The number of carbonyl (C=O) groups excluding carboxylic acids is 1. The summed E-state index contributed by atoms with van der Waals surface area (Å²) in [7, 11) is 1.69. The van der Waals surface area contributed by atoms with E-state index in [-0.39, 0.29) is 30.1 Å². The van der Waals surface area contributed by atoms with Crippen molar-refractivity contribution in [2.75, 3.05) is 0 Å². The molecule has 1 saturated carbocycles. The summed E-state index contributed by atoms with van der Waals surface area (Å²) < 4.78 is 2.99. The Morgan fingerprint density at radius 2 is 1.79 bits per heavy atom. The molecular formula is C17H21N3O4. The molecule has 2 aromatic rings. The van der Waals surface area contributed by atoms with Gasteiger partial charge in [0.15, 0.2) is 0 Å². The number of imidazole rings is 1. The number of amides is 1. The van der Waals surface area contributed by atoms with Gasteiger partial charge in [0.05, 0.1) is 17.0 Å². The molecular weight excluding hydrogens is 310 g/mol. The van der Waals surface area contributed by atoms with Crippen molar-refractivity contribution in [1.29, 1.82) is 0 Å². The summed E-state index contributed by atoms with van der Waals surface area (Å²) in [5.41, 5.74) is 1.30. The maximum Gasteiger partial charge on any atom is 0.329 e. The van der Waals surface area contributed by atoms with Gasteiger partial charge in [0.2, 0.25) is 5.91 Å². The molecule has 0 atom stereocenters. The number of hydrogen-bond acceptors (Lipinski definition) is 3. The first-order valence-electron chi connectivity index (χ1n) is 8.14. The average Bonchev–Trinajstić information content (AvgIpc) is 2.81. The Kier molecular flexibility index (Phi) is 4.42. The third-order valence-electron chi connectivity index (χ3n) is 4.79. The predicted molar refractivity (Wildman–Crippen MR) is 88.7 cm³/mol. The minimum absolute atomic E-state index is 0.0150. The Labute approximate surface area is 138 Å². The van der Waals surface area contributed by atoms with Gasteiger partial charge in [-0.15, -0.1) is 0 Å². The lowest BCUT2D eigenvalue weighted by Crippen LogP contribution is -2.41. The van der Waals surface area contributed by atoms with Gasteiger partial charge in [0.1, 0.15) is 6.54 Å². The highest BCUT2D eigenvalue weighted by atomic mass is 16.4. The fraction of sp³-hybridized carbons (Fsp3) is 0.471. The van der Waals surface area contributed by atoms with Gasteiger partial charge in [-0.2, -0.15) is 0 Å². The van der Waals surface area contributed by atoms with Crippen molar-refractivity contribution in [3.05, 3.63) is 34.7 Å². The first-order chi connectivity index (χ1) is 11.5. The van der Waals surface area contributed by atoms with Gasteiger partial charge in [-0.05, 0) is 37.8 Å². The van der Waals surface area contributed by atoms with E-state index in [1.807, 2.05) is 24.3 Å². The van der Waals surface area contributed by atoms with Gasteiger partial charge in [-0.1, -0.05) is 12.1 Å². The SMILES string of the molecule is Cn1c(=O)n(CC(=O)NC2CCC(C(=O)O)CC2)c2ccccc21. The summed E-state index contributed by atoms with van der Waals surface area (Å²) in [6, 6.07) is 7.34. The fourth-order valence-electron chi connectivity index (χ4n) is 3.42. The maximum absolute atomic E-state index is 12.3. The predicted octanol–water partition coefficient (Wildman–Crippen LogP) is 1.10. The second-order valence-corrected chi connectivity index (χ2v) is 6.37. The van der Waals surface area contributed by atoms with Crippen LogP contribution in [-0.4, -0.2) is 32.2 Å². The zero-order chi connectivity index (χ0) is 17.3. The second-order valence-electron chi connectivity index (χ2n) is 6.37. The number of aromatic nitrogens is 2. The van der Waals surface area contributed by atoms with Gasteiger partial charge in [-0.3, -0.25) is 18.7 Å². The summed E-state index contributed by atoms with van der Waals surface area (Å²) in [6.45, 7) is -0.0287. The van der Waals surface area contributed by atoms with E-state index in [2.05, 4.69) is 5.32 Å². The summed E-state index contributed by atoms with van der Waals surface area (Å²) in [4.78, 5) is 35.6. The van der Waals surface area contributed by atoms with E-state index in [1.165, 1.54) is 9.13 Å². The van der Waals surface area contributed by atoms with Crippen molar-refractivity contribution in [2.24, 2.45) is 13.0 Å². The molecule has 1 aliphatic rings. The number of para-hydroxylation sites is 2. The minimum atomic E-state index is -0.762. The van der Waals surface area contributed by atoms with Crippen LogP contribution in [0.3, 0.4) is 0 Å². The van der Waals surface area contributed by atoms with Crippen LogP contribution in [0.5, 0.6) is 0 Å². The van der Waals surface area contributed by atoms with Gasteiger partial charge < -0.3 is 10.4 Å². The fourth-order valence-corrected chi connectivity index (χ4v) is 3.42. The van der Waals surface area contributed by atoms with Crippen LogP contribution in [0, 0.1) is 5.92 Å². The number of aliphatic carboxylic acids is 1. The number of nitrogens with one attached hydrogen (secondary N) is 1. The summed E-state index contributed by atoms with van der Waals surface area (Å²) >= 11 is 0. The number of nitrogens with zero attached hydrogens (tertiary/aromatic N) is 2. The van der Waals surface area contributed by atoms with Crippen molar-refractivity contribution in [3.63, 3.8) is 0 Å². The van der Waals surface area contributed by atoms with Crippen LogP contribution in [0.1, 0.15) is 25.7 Å². The van der Waals surface area contributed by atoms with Crippen LogP contribution in [-0.2, 0) is 23.2 Å². The van der Waals surface area contributed by atoms with E-state index >= 15 is 0 Å². The maximum atomic E-state index is 12.3. The topological polar surface area (TPSA) is 93.3 Å². The van der Waals surface area contributed by atoms with Crippen molar-refractivity contribution in [2.45, 2.75) is 38.3 Å². The average molecular weight is 331 g/mol. The molecule has 0 radical (unpaired) electrons. The Balaban J connectivity index is 1.67. The molecule has 3 rings (SSSR count). The minimum Gasteiger partial charge on any atom is -0.481 e. The number of aryl methyl sites for hydroxylation is 1. The zero-order valence-corrected chi connectivity index (χ0v) is 13.6. The van der Waals surface area contributed by atoms with Gasteiger partial charge in [0, 0.05) is 13.1 Å². The third-order valence-corrected chi connectivity index (χ3v) is 4.79. The Morgan fingerprint density at radius 1 is 1.17 bits per heavy atom. The molecule has 1 heterocycles. The number of fused-ring (bicyclic) bond motifs is 1. The third kappa shape index (κ3) is 3.06. The smallest absolute Gasteiger partial charge is 0.329 e. The number of rotatable bonds is 4. The van der Waals surface area contributed by atoms with Crippen LogP contribution < -0.4 is 11.0 Å². The van der Waals surface area contributed by atoms with Crippen LogP contribution >= 0.6 is 0 Å². The summed E-state index contributed by atoms with van der Waals surface area (Å²) in [6.07, 6.45) is 2.48. The van der Waals surface area contributed by atoms with Crippen LogP contribution in [0.15, 0.2) is 29.1 Å². The van der Waals surface area contributed by atoms with Crippen LogP contribution in [0.25, 0.3) is 11.0 Å².